The van der Waals surface area contributed by atoms with E-state index in [9.17, 15) is 8.78 Å². The molecule has 0 saturated heterocycles. The fourth-order valence-electron chi connectivity index (χ4n) is 1.87. The maximum atomic E-state index is 13.9. The summed E-state index contributed by atoms with van der Waals surface area (Å²) < 4.78 is 31.6. The average Bonchev–Trinajstić information content (AvgIpc) is 2.47. The van der Waals surface area contributed by atoms with E-state index in [-0.39, 0.29) is 5.75 Å². The van der Waals surface area contributed by atoms with Gasteiger partial charge in [-0.3, -0.25) is 0 Å². The van der Waals surface area contributed by atoms with Crippen LogP contribution in [-0.2, 0) is 13.0 Å². The van der Waals surface area contributed by atoms with E-state index in [4.69, 9.17) is 4.74 Å². The van der Waals surface area contributed by atoms with Crippen LogP contribution >= 0.6 is 0 Å². The molecule has 0 atom stereocenters. The predicted octanol–water partition coefficient (Wildman–Crippen LogP) is 4.82. The van der Waals surface area contributed by atoms with Crippen molar-refractivity contribution in [2.24, 2.45) is 0 Å². The third-order valence-electron chi connectivity index (χ3n) is 2.90. The first-order chi connectivity index (χ1) is 9.69. The van der Waals surface area contributed by atoms with Gasteiger partial charge in [-0.05, 0) is 42.2 Å². The van der Waals surface area contributed by atoms with Crippen LogP contribution in [-0.4, -0.2) is 0 Å². The largest absolute Gasteiger partial charge is 0.486 e. The van der Waals surface area contributed by atoms with Crippen LogP contribution < -0.4 is 4.74 Å². The van der Waals surface area contributed by atoms with Gasteiger partial charge in [0.25, 0.3) is 0 Å². The Hall–Kier alpha value is -2.16. The van der Waals surface area contributed by atoms with Crippen LogP contribution in [0.1, 0.15) is 18.1 Å². The fraction of sp³-hybridized carbons (Fsp3) is 0.176. The fourth-order valence-corrected chi connectivity index (χ4v) is 1.87. The molecule has 0 aromatic heterocycles. The van der Waals surface area contributed by atoms with Crippen molar-refractivity contribution >= 4 is 0 Å². The highest BCUT2D eigenvalue weighted by Crippen LogP contribution is 2.21. The summed E-state index contributed by atoms with van der Waals surface area (Å²) in [5, 5.41) is 0. The summed E-state index contributed by atoms with van der Waals surface area (Å²) in [6, 6.07) is 14.3. The standard InChI is InChI=1S/C17H16F2O/c1-13(11-18)9-15-7-8-17(16(19)10-15)20-12-14-5-3-2-4-6-14/h2-8,10-11H,9,12H2,1H3. The Bertz CT molecular complexity index is 591. The molecule has 1 nitrogen and oxygen atoms in total. The van der Waals surface area contributed by atoms with Crippen LogP contribution in [0, 0.1) is 5.82 Å². The summed E-state index contributed by atoms with van der Waals surface area (Å²) in [7, 11) is 0. The van der Waals surface area contributed by atoms with Gasteiger partial charge in [0.15, 0.2) is 11.6 Å². The van der Waals surface area contributed by atoms with Gasteiger partial charge in [0.1, 0.15) is 6.61 Å². The lowest BCUT2D eigenvalue weighted by Crippen LogP contribution is -1.98. The second kappa shape index (κ2) is 6.85. The van der Waals surface area contributed by atoms with E-state index in [0.29, 0.717) is 24.9 Å². The molecular formula is C17H16F2O. The number of rotatable bonds is 5. The number of allylic oxidation sites excluding steroid dienone is 1. The molecule has 0 spiro atoms. The van der Waals surface area contributed by atoms with Crippen molar-refractivity contribution in [1.82, 2.24) is 0 Å². The molecule has 0 bridgehead atoms. The van der Waals surface area contributed by atoms with Crippen LogP contribution in [0.4, 0.5) is 8.78 Å². The molecule has 0 aliphatic heterocycles. The molecule has 0 amide bonds. The summed E-state index contributed by atoms with van der Waals surface area (Å²) >= 11 is 0. The Labute approximate surface area is 117 Å². The summed E-state index contributed by atoms with van der Waals surface area (Å²) in [6.07, 6.45) is 0.935. The van der Waals surface area contributed by atoms with Crippen molar-refractivity contribution in [3.8, 4) is 5.75 Å². The molecule has 0 heterocycles. The Morgan fingerprint density at radius 3 is 2.50 bits per heavy atom. The Balaban J connectivity index is 2.03. The van der Waals surface area contributed by atoms with Gasteiger partial charge in [0.05, 0.1) is 6.33 Å². The highest BCUT2D eigenvalue weighted by Gasteiger charge is 2.06. The first-order valence-electron chi connectivity index (χ1n) is 6.40. The minimum atomic E-state index is -0.426. The van der Waals surface area contributed by atoms with Crippen LogP contribution in [0.15, 0.2) is 60.4 Å². The Morgan fingerprint density at radius 1 is 1.10 bits per heavy atom. The monoisotopic (exact) mass is 274 g/mol. The lowest BCUT2D eigenvalue weighted by Gasteiger charge is -2.09. The SMILES string of the molecule is CC(=CF)Cc1ccc(OCc2ccccc2)c(F)c1. The number of hydrogen-bond donors (Lipinski definition) is 0. The molecule has 0 radical (unpaired) electrons. The van der Waals surface area contributed by atoms with Crippen LogP contribution in [0.3, 0.4) is 0 Å². The van der Waals surface area contributed by atoms with Gasteiger partial charge < -0.3 is 4.74 Å². The third kappa shape index (κ3) is 3.92. The van der Waals surface area contributed by atoms with Crippen molar-refractivity contribution in [2.45, 2.75) is 20.0 Å². The highest BCUT2D eigenvalue weighted by molar-refractivity contribution is 5.31. The molecule has 0 aliphatic rings. The predicted molar refractivity (Wildman–Crippen MR) is 75.7 cm³/mol. The minimum absolute atomic E-state index is 0.208. The van der Waals surface area contributed by atoms with Gasteiger partial charge in [-0.25, -0.2) is 8.78 Å². The van der Waals surface area contributed by atoms with E-state index in [2.05, 4.69) is 0 Å². The summed E-state index contributed by atoms with van der Waals surface area (Å²) in [6.45, 7) is 1.98. The molecule has 0 fully saturated rings. The van der Waals surface area contributed by atoms with Crippen molar-refractivity contribution in [1.29, 1.82) is 0 Å². The number of hydrogen-bond acceptors (Lipinski definition) is 1. The quantitative estimate of drug-likeness (QED) is 0.759. The zero-order chi connectivity index (χ0) is 14.4. The van der Waals surface area contributed by atoms with Crippen molar-refractivity contribution in [2.75, 3.05) is 0 Å². The van der Waals surface area contributed by atoms with E-state index < -0.39 is 5.82 Å². The van der Waals surface area contributed by atoms with Gasteiger partial charge in [0, 0.05) is 0 Å². The first-order valence-corrected chi connectivity index (χ1v) is 6.40. The molecule has 104 valence electrons. The summed E-state index contributed by atoms with van der Waals surface area (Å²) in [5.41, 5.74) is 2.26. The number of ether oxygens (including phenoxy) is 1. The lowest BCUT2D eigenvalue weighted by molar-refractivity contribution is 0.290. The van der Waals surface area contributed by atoms with Gasteiger partial charge in [-0.1, -0.05) is 36.4 Å². The van der Waals surface area contributed by atoms with Gasteiger partial charge in [-0.2, -0.15) is 0 Å². The van der Waals surface area contributed by atoms with E-state index in [1.165, 1.54) is 6.07 Å². The summed E-state index contributed by atoms with van der Waals surface area (Å²) in [5.74, 6) is -0.218. The number of halogens is 2. The lowest BCUT2D eigenvalue weighted by atomic mass is 10.1. The van der Waals surface area contributed by atoms with Gasteiger partial charge >= 0.3 is 0 Å². The average molecular weight is 274 g/mol. The minimum Gasteiger partial charge on any atom is -0.486 e. The van der Waals surface area contributed by atoms with Crippen LogP contribution in [0.2, 0.25) is 0 Å². The van der Waals surface area contributed by atoms with Crippen molar-refractivity contribution < 1.29 is 13.5 Å². The zero-order valence-electron chi connectivity index (χ0n) is 11.3. The number of benzene rings is 2. The molecule has 20 heavy (non-hydrogen) atoms. The maximum absolute atomic E-state index is 13.9. The third-order valence-corrected chi connectivity index (χ3v) is 2.90. The molecule has 0 unspecified atom stereocenters. The zero-order valence-corrected chi connectivity index (χ0v) is 11.3. The van der Waals surface area contributed by atoms with Gasteiger partial charge in [0.2, 0.25) is 0 Å². The molecule has 2 aromatic rings. The molecule has 0 saturated carbocycles. The molecule has 3 heteroatoms. The van der Waals surface area contributed by atoms with E-state index in [1.807, 2.05) is 30.3 Å². The molecule has 2 rings (SSSR count). The Kier molecular flexibility index (Phi) is 4.88. The van der Waals surface area contributed by atoms with Gasteiger partial charge in [-0.15, -0.1) is 0 Å². The van der Waals surface area contributed by atoms with Crippen LogP contribution in [0.25, 0.3) is 0 Å². The molecule has 0 N–H and O–H groups in total. The normalized spacial score (nSPS) is 11.4. The second-order valence-electron chi connectivity index (χ2n) is 4.67. The van der Waals surface area contributed by atoms with Crippen LogP contribution in [0.5, 0.6) is 5.75 Å². The van der Waals surface area contributed by atoms with E-state index in [0.717, 1.165) is 11.1 Å². The molecule has 2 aromatic carbocycles. The topological polar surface area (TPSA) is 9.23 Å². The van der Waals surface area contributed by atoms with E-state index >= 15 is 0 Å². The molecular weight excluding hydrogens is 258 g/mol. The highest BCUT2D eigenvalue weighted by atomic mass is 19.1. The van der Waals surface area contributed by atoms with E-state index in [1.54, 1.807) is 19.1 Å². The smallest absolute Gasteiger partial charge is 0.165 e. The first kappa shape index (κ1) is 14.3. The maximum Gasteiger partial charge on any atom is 0.165 e. The van der Waals surface area contributed by atoms with Crippen molar-refractivity contribution in [3.05, 3.63) is 77.4 Å². The summed E-state index contributed by atoms with van der Waals surface area (Å²) in [4.78, 5) is 0. The Morgan fingerprint density at radius 2 is 1.85 bits per heavy atom. The van der Waals surface area contributed by atoms with Crippen molar-refractivity contribution in [3.63, 3.8) is 0 Å². The second-order valence-corrected chi connectivity index (χ2v) is 4.67. The molecule has 0 aliphatic carbocycles.